The van der Waals surface area contributed by atoms with Gasteiger partial charge in [0.1, 0.15) is 11.5 Å². The number of fused-ring (bicyclic) bond motifs is 1. The fourth-order valence-electron chi connectivity index (χ4n) is 4.79. The summed E-state index contributed by atoms with van der Waals surface area (Å²) in [6, 6.07) is 7.65. The summed E-state index contributed by atoms with van der Waals surface area (Å²) in [6.07, 6.45) is 6.37. The van der Waals surface area contributed by atoms with Crippen molar-refractivity contribution in [3.63, 3.8) is 0 Å². The number of hydrogen-bond donors (Lipinski definition) is 1. The predicted molar refractivity (Wildman–Crippen MR) is 135 cm³/mol. The van der Waals surface area contributed by atoms with Crippen LogP contribution in [0.4, 0.5) is 10.1 Å². The lowest BCUT2D eigenvalue weighted by Gasteiger charge is -2.31. The van der Waals surface area contributed by atoms with Crippen molar-refractivity contribution in [3.05, 3.63) is 47.5 Å². The number of carbonyl (C=O) groups excluding carboxylic acids is 1. The van der Waals surface area contributed by atoms with Crippen molar-refractivity contribution < 1.29 is 22.3 Å². The number of aromatic nitrogens is 3. The Morgan fingerprint density at radius 2 is 1.86 bits per heavy atom. The summed E-state index contributed by atoms with van der Waals surface area (Å²) < 4.78 is 47.0. The van der Waals surface area contributed by atoms with E-state index in [0.717, 1.165) is 68.4 Å². The molecule has 1 aliphatic heterocycles. The first-order valence-electron chi connectivity index (χ1n) is 12.3. The van der Waals surface area contributed by atoms with Gasteiger partial charge in [0, 0.05) is 26.1 Å². The molecule has 0 spiro atoms. The normalized spacial score (nSPS) is 16.8. The molecule has 2 aromatic heterocycles. The van der Waals surface area contributed by atoms with E-state index in [1.54, 1.807) is 22.9 Å². The average Bonchev–Trinajstić information content (AvgIpc) is 3.21. The van der Waals surface area contributed by atoms with Crippen LogP contribution in [-0.2, 0) is 14.8 Å². The Bertz CT molecular complexity index is 1360. The number of nitrogens with zero attached hydrogens (tertiary/aromatic N) is 4. The quantitative estimate of drug-likeness (QED) is 0.489. The maximum atomic E-state index is 13.7. The second kappa shape index (κ2) is 10.1. The number of amides is 1. The standard InChI is InChI=1S/C25H30FN5O4S/c1-35-14-15-36(33,34)29-25(32)20-16-21(30-12-3-2-4-13-30)22-23(17-6-5-7-17)28-31(24(22)27-20)19-10-8-18(26)9-11-19/h8-11,16-17H,2-7,12-15H2,1H3,(H,29,32). The van der Waals surface area contributed by atoms with Crippen LogP contribution in [-0.4, -0.2) is 61.6 Å². The fraction of sp³-hybridized carbons (Fsp3) is 0.480. The van der Waals surface area contributed by atoms with Crippen LogP contribution in [0.1, 0.15) is 60.6 Å². The summed E-state index contributed by atoms with van der Waals surface area (Å²) in [6.45, 7) is 1.63. The third-order valence-corrected chi connectivity index (χ3v) is 8.14. The Morgan fingerprint density at radius 3 is 2.50 bits per heavy atom. The van der Waals surface area contributed by atoms with E-state index in [-0.39, 0.29) is 29.8 Å². The minimum absolute atomic E-state index is 0.00696. The molecule has 1 saturated heterocycles. The van der Waals surface area contributed by atoms with Crippen molar-refractivity contribution in [1.29, 1.82) is 0 Å². The number of ether oxygens (including phenoxy) is 1. The van der Waals surface area contributed by atoms with E-state index in [0.29, 0.717) is 11.3 Å². The Labute approximate surface area is 209 Å². The molecule has 1 aliphatic carbocycles. The number of carbonyl (C=O) groups is 1. The molecule has 0 bridgehead atoms. The van der Waals surface area contributed by atoms with E-state index >= 15 is 0 Å². The van der Waals surface area contributed by atoms with Gasteiger partial charge in [0.25, 0.3) is 5.91 Å². The number of piperidine rings is 1. The van der Waals surface area contributed by atoms with Crippen LogP contribution in [0.2, 0.25) is 0 Å². The van der Waals surface area contributed by atoms with Gasteiger partial charge in [-0.2, -0.15) is 5.10 Å². The first-order chi connectivity index (χ1) is 17.4. The minimum Gasteiger partial charge on any atom is -0.384 e. The van der Waals surface area contributed by atoms with Gasteiger partial charge in [-0.3, -0.25) is 4.79 Å². The summed E-state index contributed by atoms with van der Waals surface area (Å²) in [7, 11) is -2.50. The van der Waals surface area contributed by atoms with E-state index < -0.39 is 15.9 Å². The zero-order valence-electron chi connectivity index (χ0n) is 20.2. The first-order valence-corrected chi connectivity index (χ1v) is 14.0. The Morgan fingerprint density at radius 1 is 1.14 bits per heavy atom. The first kappa shape index (κ1) is 24.6. The van der Waals surface area contributed by atoms with Crippen molar-refractivity contribution in [1.82, 2.24) is 19.5 Å². The van der Waals surface area contributed by atoms with Gasteiger partial charge < -0.3 is 9.64 Å². The molecule has 36 heavy (non-hydrogen) atoms. The fourth-order valence-corrected chi connectivity index (χ4v) is 5.67. The summed E-state index contributed by atoms with van der Waals surface area (Å²) in [5, 5.41) is 5.80. The van der Waals surface area contributed by atoms with Crippen molar-refractivity contribution >= 4 is 32.7 Å². The van der Waals surface area contributed by atoms with E-state index in [1.807, 2.05) is 0 Å². The van der Waals surface area contributed by atoms with Crippen LogP contribution in [0, 0.1) is 5.82 Å². The van der Waals surface area contributed by atoms with Crippen molar-refractivity contribution in [3.8, 4) is 5.69 Å². The average molecular weight is 516 g/mol. The summed E-state index contributed by atoms with van der Waals surface area (Å²) in [5.74, 6) is -1.22. The summed E-state index contributed by atoms with van der Waals surface area (Å²) in [5.41, 5.74) is 2.84. The number of nitrogens with one attached hydrogen (secondary N) is 1. The lowest BCUT2D eigenvalue weighted by atomic mass is 9.82. The molecule has 11 heteroatoms. The lowest BCUT2D eigenvalue weighted by molar-refractivity contribution is 0.0976. The molecule has 0 unspecified atom stereocenters. The second-order valence-corrected chi connectivity index (χ2v) is 11.3. The van der Waals surface area contributed by atoms with Crippen LogP contribution >= 0.6 is 0 Å². The van der Waals surface area contributed by atoms with Crippen LogP contribution in [0.5, 0.6) is 0 Å². The highest BCUT2D eigenvalue weighted by Crippen LogP contribution is 2.43. The third kappa shape index (κ3) is 4.94. The third-order valence-electron chi connectivity index (χ3n) is 6.94. The van der Waals surface area contributed by atoms with Crippen molar-refractivity contribution in [2.75, 3.05) is 37.5 Å². The molecule has 5 rings (SSSR count). The largest absolute Gasteiger partial charge is 0.384 e. The number of rotatable bonds is 8. The van der Waals surface area contributed by atoms with Gasteiger partial charge in [0.05, 0.1) is 34.8 Å². The topological polar surface area (TPSA) is 106 Å². The molecule has 2 fully saturated rings. The second-order valence-electron chi connectivity index (χ2n) is 9.42. The highest BCUT2D eigenvalue weighted by atomic mass is 32.2. The van der Waals surface area contributed by atoms with E-state index in [4.69, 9.17) is 9.84 Å². The highest BCUT2D eigenvalue weighted by molar-refractivity contribution is 7.90. The molecule has 0 radical (unpaired) electrons. The number of methoxy groups -OCH3 is 1. The monoisotopic (exact) mass is 515 g/mol. The van der Waals surface area contributed by atoms with Gasteiger partial charge in [0.2, 0.25) is 10.0 Å². The molecule has 1 aromatic carbocycles. The number of benzene rings is 1. The predicted octanol–water partition coefficient (Wildman–Crippen LogP) is 3.52. The van der Waals surface area contributed by atoms with Gasteiger partial charge >= 0.3 is 0 Å². The minimum atomic E-state index is -3.89. The molecule has 2 aliphatic rings. The number of pyridine rings is 1. The van der Waals surface area contributed by atoms with Gasteiger partial charge in [-0.1, -0.05) is 6.42 Å². The molecule has 1 saturated carbocycles. The number of anilines is 1. The molecule has 3 aromatic rings. The van der Waals surface area contributed by atoms with Crippen molar-refractivity contribution in [2.45, 2.75) is 44.4 Å². The van der Waals surface area contributed by atoms with Crippen LogP contribution < -0.4 is 9.62 Å². The molecule has 1 N–H and O–H groups in total. The smallest absolute Gasteiger partial charge is 0.283 e. The Kier molecular flexibility index (Phi) is 6.94. The zero-order valence-corrected chi connectivity index (χ0v) is 21.1. The molecule has 1 amide bonds. The number of hydrogen-bond acceptors (Lipinski definition) is 7. The van der Waals surface area contributed by atoms with Gasteiger partial charge in [-0.25, -0.2) is 27.2 Å². The van der Waals surface area contributed by atoms with E-state index in [2.05, 4.69) is 14.6 Å². The SMILES string of the molecule is COCCS(=O)(=O)NC(=O)c1cc(N2CCCCC2)c2c(C3CCC3)nn(-c3ccc(F)cc3)c2n1. The van der Waals surface area contributed by atoms with Crippen LogP contribution in [0.15, 0.2) is 30.3 Å². The Hall–Kier alpha value is -3.05. The molecule has 3 heterocycles. The van der Waals surface area contributed by atoms with Gasteiger partial charge in [-0.05, 0) is 62.4 Å². The van der Waals surface area contributed by atoms with Crippen LogP contribution in [0.25, 0.3) is 16.7 Å². The Balaban J connectivity index is 1.67. The van der Waals surface area contributed by atoms with Gasteiger partial charge in [-0.15, -0.1) is 0 Å². The number of sulfonamides is 1. The highest BCUT2D eigenvalue weighted by Gasteiger charge is 2.31. The molecule has 9 nitrogen and oxygen atoms in total. The maximum Gasteiger partial charge on any atom is 0.283 e. The molecule has 0 atom stereocenters. The molecular weight excluding hydrogens is 485 g/mol. The van der Waals surface area contributed by atoms with Crippen molar-refractivity contribution in [2.24, 2.45) is 0 Å². The zero-order chi connectivity index (χ0) is 25.3. The number of halogens is 1. The van der Waals surface area contributed by atoms with Gasteiger partial charge in [0.15, 0.2) is 5.65 Å². The van der Waals surface area contributed by atoms with Crippen LogP contribution in [0.3, 0.4) is 0 Å². The lowest BCUT2D eigenvalue weighted by Crippen LogP contribution is -2.35. The maximum absolute atomic E-state index is 13.7. The molecular formula is C25H30FN5O4S. The van der Waals surface area contributed by atoms with E-state index in [1.165, 1.54) is 19.2 Å². The molecule has 192 valence electrons. The summed E-state index contributed by atoms with van der Waals surface area (Å²) >= 11 is 0. The summed E-state index contributed by atoms with van der Waals surface area (Å²) in [4.78, 5) is 20.0. The van der Waals surface area contributed by atoms with E-state index in [9.17, 15) is 17.6 Å².